The molecule has 1 N–H and O–H groups in total. The molecule has 0 unspecified atom stereocenters. The molecule has 0 aliphatic heterocycles. The number of rotatable bonds is 1. The van der Waals surface area contributed by atoms with Gasteiger partial charge < -0.3 is 4.98 Å². The standard InChI is InChI=1S/C14H15ClN2O3/c1-7-11(15)13(18)9-5-8(14(2,3)4)6-10(17(19)20)12(9)16-7/h5-6H,1-4H3,(H,16,18). The second-order valence-corrected chi connectivity index (χ2v) is 6.20. The minimum absolute atomic E-state index is 0.0675. The molecule has 1 heterocycles. The molecule has 6 heteroatoms. The number of nitro benzene ring substituents is 1. The van der Waals surface area contributed by atoms with Crippen molar-refractivity contribution in [3.63, 3.8) is 0 Å². The maximum absolute atomic E-state index is 12.2. The third kappa shape index (κ3) is 2.29. The third-order valence-electron chi connectivity index (χ3n) is 3.27. The van der Waals surface area contributed by atoms with E-state index in [0.717, 1.165) is 5.56 Å². The molecule has 0 atom stereocenters. The van der Waals surface area contributed by atoms with Crippen LogP contribution in [-0.4, -0.2) is 9.91 Å². The first-order valence-electron chi connectivity index (χ1n) is 6.14. The fourth-order valence-corrected chi connectivity index (χ4v) is 2.19. The van der Waals surface area contributed by atoms with Crippen molar-refractivity contribution in [1.29, 1.82) is 0 Å². The first-order chi connectivity index (χ1) is 9.12. The van der Waals surface area contributed by atoms with Gasteiger partial charge in [-0.3, -0.25) is 14.9 Å². The highest BCUT2D eigenvalue weighted by molar-refractivity contribution is 6.31. The topological polar surface area (TPSA) is 76.0 Å². The average Bonchev–Trinajstić information content (AvgIpc) is 2.33. The van der Waals surface area contributed by atoms with Crippen LogP contribution in [0.5, 0.6) is 0 Å². The van der Waals surface area contributed by atoms with Gasteiger partial charge in [-0.2, -0.15) is 0 Å². The fourth-order valence-electron chi connectivity index (χ4n) is 2.05. The summed E-state index contributed by atoms with van der Waals surface area (Å²) in [5.74, 6) is 0. The lowest BCUT2D eigenvalue weighted by Gasteiger charge is -2.19. The van der Waals surface area contributed by atoms with Crippen LogP contribution in [0.3, 0.4) is 0 Å². The smallest absolute Gasteiger partial charge is 0.293 e. The Morgan fingerprint density at radius 1 is 1.30 bits per heavy atom. The lowest BCUT2D eigenvalue weighted by Crippen LogP contribution is -2.14. The number of non-ortho nitro benzene ring substituents is 1. The van der Waals surface area contributed by atoms with E-state index in [0.29, 0.717) is 5.69 Å². The Balaban J connectivity index is 3.02. The first kappa shape index (κ1) is 14.5. The monoisotopic (exact) mass is 294 g/mol. The van der Waals surface area contributed by atoms with Crippen LogP contribution in [0.25, 0.3) is 10.9 Å². The Morgan fingerprint density at radius 3 is 2.40 bits per heavy atom. The van der Waals surface area contributed by atoms with Gasteiger partial charge in [-0.05, 0) is 24.0 Å². The number of aryl methyl sites for hydroxylation is 1. The lowest BCUT2D eigenvalue weighted by molar-refractivity contribution is -0.383. The molecule has 0 fully saturated rings. The van der Waals surface area contributed by atoms with Gasteiger partial charge in [-0.15, -0.1) is 0 Å². The van der Waals surface area contributed by atoms with Crippen molar-refractivity contribution >= 4 is 28.2 Å². The number of nitrogens with zero attached hydrogens (tertiary/aromatic N) is 1. The normalized spacial score (nSPS) is 11.8. The Labute approximate surface area is 120 Å². The molecule has 1 aromatic carbocycles. The van der Waals surface area contributed by atoms with Gasteiger partial charge >= 0.3 is 0 Å². The molecular formula is C14H15ClN2O3. The molecule has 1 aromatic heterocycles. The summed E-state index contributed by atoms with van der Waals surface area (Å²) in [6.07, 6.45) is 0. The molecule has 0 aliphatic rings. The van der Waals surface area contributed by atoms with Crippen LogP contribution < -0.4 is 5.43 Å². The van der Waals surface area contributed by atoms with Gasteiger partial charge in [0.15, 0.2) is 0 Å². The zero-order valence-electron chi connectivity index (χ0n) is 11.7. The Morgan fingerprint density at radius 2 is 1.90 bits per heavy atom. The maximum atomic E-state index is 12.2. The number of benzene rings is 1. The number of fused-ring (bicyclic) bond motifs is 1. The molecule has 2 rings (SSSR count). The summed E-state index contributed by atoms with van der Waals surface area (Å²) in [5, 5.41) is 11.6. The highest BCUT2D eigenvalue weighted by Gasteiger charge is 2.23. The number of halogens is 1. The van der Waals surface area contributed by atoms with E-state index in [1.807, 2.05) is 20.8 Å². The fraction of sp³-hybridized carbons (Fsp3) is 0.357. The van der Waals surface area contributed by atoms with Crippen LogP contribution >= 0.6 is 11.6 Å². The number of nitrogens with one attached hydrogen (secondary N) is 1. The van der Waals surface area contributed by atoms with Crippen LogP contribution in [0.2, 0.25) is 5.02 Å². The number of hydrogen-bond acceptors (Lipinski definition) is 3. The van der Waals surface area contributed by atoms with E-state index in [1.165, 1.54) is 6.07 Å². The maximum Gasteiger partial charge on any atom is 0.293 e. The van der Waals surface area contributed by atoms with Crippen molar-refractivity contribution in [3.05, 3.63) is 48.8 Å². The summed E-state index contributed by atoms with van der Waals surface area (Å²) in [5.41, 5.74) is 0.576. The third-order valence-corrected chi connectivity index (χ3v) is 3.72. The van der Waals surface area contributed by atoms with Gasteiger partial charge in [0.25, 0.3) is 5.69 Å². The number of aromatic amines is 1. The van der Waals surface area contributed by atoms with Crippen molar-refractivity contribution < 1.29 is 4.92 Å². The molecule has 0 saturated heterocycles. The van der Waals surface area contributed by atoms with Crippen molar-refractivity contribution in [1.82, 2.24) is 4.98 Å². The van der Waals surface area contributed by atoms with Crippen LogP contribution in [-0.2, 0) is 5.41 Å². The lowest BCUT2D eigenvalue weighted by atomic mass is 9.86. The van der Waals surface area contributed by atoms with Gasteiger partial charge in [-0.25, -0.2) is 0 Å². The predicted octanol–water partition coefficient (Wildman–Crippen LogP) is 3.70. The van der Waals surface area contributed by atoms with Crippen molar-refractivity contribution in [2.75, 3.05) is 0 Å². The zero-order valence-corrected chi connectivity index (χ0v) is 12.5. The Hall–Kier alpha value is -1.88. The Kier molecular flexibility index (Phi) is 3.34. The van der Waals surface area contributed by atoms with Crippen LogP contribution in [0.1, 0.15) is 32.0 Å². The minimum atomic E-state index is -0.485. The quantitative estimate of drug-likeness (QED) is 0.643. The van der Waals surface area contributed by atoms with Crippen molar-refractivity contribution in [2.24, 2.45) is 0 Å². The van der Waals surface area contributed by atoms with Crippen molar-refractivity contribution in [3.8, 4) is 0 Å². The molecule has 0 radical (unpaired) electrons. The first-order valence-corrected chi connectivity index (χ1v) is 6.51. The number of H-pyrrole nitrogens is 1. The molecule has 106 valence electrons. The van der Waals surface area contributed by atoms with Crippen LogP contribution in [0, 0.1) is 17.0 Å². The summed E-state index contributed by atoms with van der Waals surface area (Å²) in [4.78, 5) is 25.8. The summed E-state index contributed by atoms with van der Waals surface area (Å²) < 4.78 is 0. The molecule has 5 nitrogen and oxygen atoms in total. The highest BCUT2D eigenvalue weighted by atomic mass is 35.5. The summed E-state index contributed by atoms with van der Waals surface area (Å²) in [6.45, 7) is 7.41. The average molecular weight is 295 g/mol. The number of aromatic nitrogens is 1. The van der Waals surface area contributed by atoms with Gasteiger partial charge in [0.05, 0.1) is 10.3 Å². The molecule has 0 saturated carbocycles. The number of hydrogen-bond donors (Lipinski definition) is 1. The van der Waals surface area contributed by atoms with E-state index >= 15 is 0 Å². The van der Waals surface area contributed by atoms with Crippen molar-refractivity contribution in [2.45, 2.75) is 33.1 Å². The van der Waals surface area contributed by atoms with E-state index in [4.69, 9.17) is 11.6 Å². The molecule has 0 amide bonds. The van der Waals surface area contributed by atoms with E-state index in [-0.39, 0.29) is 32.5 Å². The zero-order chi connectivity index (χ0) is 15.2. The number of pyridine rings is 1. The molecule has 0 aliphatic carbocycles. The second kappa shape index (κ2) is 4.59. The van der Waals surface area contributed by atoms with E-state index in [9.17, 15) is 14.9 Å². The summed E-state index contributed by atoms with van der Waals surface area (Å²) in [6, 6.07) is 3.18. The summed E-state index contributed by atoms with van der Waals surface area (Å²) >= 11 is 5.94. The molecule has 0 spiro atoms. The van der Waals surface area contributed by atoms with E-state index < -0.39 is 4.92 Å². The number of nitro groups is 1. The molecular weight excluding hydrogens is 280 g/mol. The van der Waals surface area contributed by atoms with Gasteiger partial charge in [-0.1, -0.05) is 32.4 Å². The predicted molar refractivity (Wildman–Crippen MR) is 79.7 cm³/mol. The van der Waals surface area contributed by atoms with E-state index in [2.05, 4.69) is 4.98 Å². The highest BCUT2D eigenvalue weighted by Crippen LogP contribution is 2.31. The van der Waals surface area contributed by atoms with Gasteiger partial charge in [0, 0.05) is 11.8 Å². The van der Waals surface area contributed by atoms with Crippen LogP contribution in [0.4, 0.5) is 5.69 Å². The minimum Gasteiger partial charge on any atom is -0.352 e. The molecule has 20 heavy (non-hydrogen) atoms. The largest absolute Gasteiger partial charge is 0.352 e. The molecule has 0 bridgehead atoms. The Bertz CT molecular complexity index is 773. The summed E-state index contributed by atoms with van der Waals surface area (Å²) in [7, 11) is 0. The second-order valence-electron chi connectivity index (χ2n) is 5.82. The van der Waals surface area contributed by atoms with E-state index in [1.54, 1.807) is 13.0 Å². The SMILES string of the molecule is Cc1[nH]c2c([N+](=O)[O-])cc(C(C)(C)C)cc2c(=O)c1Cl. The molecule has 2 aromatic rings. The van der Waals surface area contributed by atoms with Gasteiger partial charge in [0.1, 0.15) is 10.5 Å². The van der Waals surface area contributed by atoms with Gasteiger partial charge in [0.2, 0.25) is 5.43 Å². The van der Waals surface area contributed by atoms with Crippen LogP contribution in [0.15, 0.2) is 16.9 Å².